The van der Waals surface area contributed by atoms with E-state index in [9.17, 15) is 13.2 Å². The smallest absolute Gasteiger partial charge is 0.221 e. The highest BCUT2D eigenvalue weighted by Crippen LogP contribution is 2.09. The Balaban J connectivity index is 2.47. The van der Waals surface area contributed by atoms with Crippen molar-refractivity contribution >= 4 is 15.7 Å². The topological polar surface area (TPSA) is 89.3 Å². The highest BCUT2D eigenvalue weighted by molar-refractivity contribution is 7.91. The monoisotopic (exact) mass is 270 g/mol. The molecule has 1 amide bonds. The predicted octanol–water partition coefficient (Wildman–Crippen LogP) is 0.314. The van der Waals surface area contributed by atoms with Crippen LogP contribution >= 0.6 is 0 Å². The summed E-state index contributed by atoms with van der Waals surface area (Å²) >= 11 is 0. The molecule has 1 unspecified atom stereocenters. The van der Waals surface area contributed by atoms with Crippen LogP contribution in [0.5, 0.6) is 0 Å². The molecule has 6 heteroatoms. The van der Waals surface area contributed by atoms with Crippen LogP contribution in [0.4, 0.5) is 0 Å². The minimum Gasteiger partial charge on any atom is -0.355 e. The van der Waals surface area contributed by atoms with Crippen LogP contribution in [0.2, 0.25) is 0 Å². The molecule has 1 rings (SSSR count). The number of nitrogens with two attached hydrogens (primary N) is 1. The number of carbonyl (C=O) groups excluding carboxylic acids is 1. The van der Waals surface area contributed by atoms with Gasteiger partial charge >= 0.3 is 0 Å². The van der Waals surface area contributed by atoms with Crippen LogP contribution in [-0.2, 0) is 14.6 Å². The first-order valence-electron chi connectivity index (χ1n) is 5.72. The maximum Gasteiger partial charge on any atom is 0.221 e. The number of hydrogen-bond acceptors (Lipinski definition) is 4. The van der Waals surface area contributed by atoms with Gasteiger partial charge in [-0.05, 0) is 19.1 Å². The van der Waals surface area contributed by atoms with E-state index in [0.29, 0.717) is 0 Å². The van der Waals surface area contributed by atoms with E-state index in [1.54, 1.807) is 37.3 Å². The summed E-state index contributed by atoms with van der Waals surface area (Å²) in [5.41, 5.74) is 5.46. The highest BCUT2D eigenvalue weighted by atomic mass is 32.2. The molecular formula is C12H18N2O3S. The normalized spacial score (nSPS) is 13.0. The Morgan fingerprint density at radius 1 is 1.33 bits per heavy atom. The summed E-state index contributed by atoms with van der Waals surface area (Å²) in [5, 5.41) is 2.54. The molecule has 5 nitrogen and oxygen atoms in total. The lowest BCUT2D eigenvalue weighted by molar-refractivity contribution is -0.121. The van der Waals surface area contributed by atoms with E-state index in [4.69, 9.17) is 5.73 Å². The highest BCUT2D eigenvalue weighted by Gasteiger charge is 2.14. The van der Waals surface area contributed by atoms with Gasteiger partial charge in [-0.25, -0.2) is 8.42 Å². The van der Waals surface area contributed by atoms with Crippen molar-refractivity contribution in [3.63, 3.8) is 0 Å². The van der Waals surface area contributed by atoms with Crippen molar-refractivity contribution in [1.29, 1.82) is 0 Å². The SMILES string of the molecule is CC(N)CC(=O)NCCS(=O)(=O)c1ccccc1. The average Bonchev–Trinajstić information content (AvgIpc) is 2.29. The number of rotatable bonds is 6. The average molecular weight is 270 g/mol. The number of hydrogen-bond donors (Lipinski definition) is 2. The zero-order valence-electron chi connectivity index (χ0n) is 10.3. The summed E-state index contributed by atoms with van der Waals surface area (Å²) in [6, 6.07) is 7.95. The molecule has 0 aliphatic carbocycles. The van der Waals surface area contributed by atoms with Crippen LogP contribution in [-0.4, -0.2) is 32.7 Å². The molecule has 0 aliphatic heterocycles. The van der Waals surface area contributed by atoms with Crippen molar-refractivity contribution in [3.05, 3.63) is 30.3 Å². The molecule has 1 aromatic rings. The van der Waals surface area contributed by atoms with Gasteiger partial charge in [0.25, 0.3) is 0 Å². The Morgan fingerprint density at radius 3 is 2.50 bits per heavy atom. The molecule has 0 radical (unpaired) electrons. The van der Waals surface area contributed by atoms with E-state index in [0.717, 1.165) is 0 Å². The van der Waals surface area contributed by atoms with E-state index < -0.39 is 9.84 Å². The van der Waals surface area contributed by atoms with Crippen molar-refractivity contribution in [3.8, 4) is 0 Å². The largest absolute Gasteiger partial charge is 0.355 e. The molecule has 0 spiro atoms. The van der Waals surface area contributed by atoms with Crippen LogP contribution in [0.25, 0.3) is 0 Å². The molecular weight excluding hydrogens is 252 g/mol. The summed E-state index contributed by atoms with van der Waals surface area (Å²) in [5.74, 6) is -0.338. The first kappa shape index (κ1) is 14.7. The molecule has 18 heavy (non-hydrogen) atoms. The van der Waals surface area contributed by atoms with E-state index >= 15 is 0 Å². The zero-order valence-corrected chi connectivity index (χ0v) is 11.1. The molecule has 0 fully saturated rings. The zero-order chi connectivity index (χ0) is 13.6. The lowest BCUT2D eigenvalue weighted by Gasteiger charge is -2.08. The van der Waals surface area contributed by atoms with Crippen molar-refractivity contribution in [1.82, 2.24) is 5.32 Å². The Kier molecular flexibility index (Phi) is 5.30. The molecule has 0 saturated heterocycles. The third kappa shape index (κ3) is 4.85. The standard InChI is InChI=1S/C12H18N2O3S/c1-10(13)9-12(15)14-7-8-18(16,17)11-5-3-2-4-6-11/h2-6,10H,7-9,13H2,1H3,(H,14,15). The van der Waals surface area contributed by atoms with Crippen LogP contribution in [0.1, 0.15) is 13.3 Å². The minimum atomic E-state index is -3.33. The molecule has 0 saturated carbocycles. The van der Waals surface area contributed by atoms with E-state index in [2.05, 4.69) is 5.32 Å². The fraction of sp³-hybridized carbons (Fsp3) is 0.417. The molecule has 0 heterocycles. The van der Waals surface area contributed by atoms with Gasteiger partial charge in [0.05, 0.1) is 10.6 Å². The summed E-state index contributed by atoms with van der Waals surface area (Å²) in [6.07, 6.45) is 0.200. The molecule has 0 bridgehead atoms. The first-order valence-corrected chi connectivity index (χ1v) is 7.37. The number of nitrogens with one attached hydrogen (secondary N) is 1. The lowest BCUT2D eigenvalue weighted by atomic mass is 10.2. The predicted molar refractivity (Wildman–Crippen MR) is 69.8 cm³/mol. The fourth-order valence-electron chi connectivity index (χ4n) is 1.44. The van der Waals surface area contributed by atoms with Crippen LogP contribution in [0, 0.1) is 0 Å². The second-order valence-corrected chi connectivity index (χ2v) is 6.27. The summed E-state index contributed by atoms with van der Waals surface area (Å²) < 4.78 is 23.7. The van der Waals surface area contributed by atoms with Crippen LogP contribution < -0.4 is 11.1 Å². The van der Waals surface area contributed by atoms with Crippen LogP contribution in [0.3, 0.4) is 0 Å². The minimum absolute atomic E-state index is 0.1000. The number of sulfone groups is 1. The van der Waals surface area contributed by atoms with Gasteiger partial charge < -0.3 is 11.1 Å². The van der Waals surface area contributed by atoms with Gasteiger partial charge in [-0.3, -0.25) is 4.79 Å². The first-order chi connectivity index (χ1) is 8.42. The third-order valence-corrected chi connectivity index (χ3v) is 4.03. The number of benzene rings is 1. The maximum absolute atomic E-state index is 11.9. The Bertz CT molecular complexity index is 483. The van der Waals surface area contributed by atoms with Crippen molar-refractivity contribution < 1.29 is 13.2 Å². The van der Waals surface area contributed by atoms with Crippen molar-refractivity contribution in [2.45, 2.75) is 24.3 Å². The van der Waals surface area contributed by atoms with E-state index in [1.807, 2.05) is 0 Å². The fourth-order valence-corrected chi connectivity index (χ4v) is 2.61. The second-order valence-electron chi connectivity index (χ2n) is 4.16. The Morgan fingerprint density at radius 2 is 1.94 bits per heavy atom. The van der Waals surface area contributed by atoms with Gasteiger partial charge in [-0.15, -0.1) is 0 Å². The summed E-state index contributed by atoms with van der Waals surface area (Å²) in [6.45, 7) is 1.82. The van der Waals surface area contributed by atoms with Gasteiger partial charge in [0, 0.05) is 19.0 Å². The Labute approximate surface area is 107 Å². The number of carbonyl (C=O) groups is 1. The van der Waals surface area contributed by atoms with E-state index in [-0.39, 0.29) is 35.6 Å². The molecule has 3 N–H and O–H groups in total. The molecule has 1 aromatic carbocycles. The van der Waals surface area contributed by atoms with Gasteiger partial charge in [0.1, 0.15) is 0 Å². The van der Waals surface area contributed by atoms with Gasteiger partial charge in [-0.2, -0.15) is 0 Å². The van der Waals surface area contributed by atoms with E-state index in [1.165, 1.54) is 0 Å². The lowest BCUT2D eigenvalue weighted by Crippen LogP contribution is -2.33. The van der Waals surface area contributed by atoms with Crippen molar-refractivity contribution in [2.75, 3.05) is 12.3 Å². The quantitative estimate of drug-likeness (QED) is 0.778. The molecule has 100 valence electrons. The van der Waals surface area contributed by atoms with Gasteiger partial charge in [-0.1, -0.05) is 18.2 Å². The number of amides is 1. The second kappa shape index (κ2) is 6.51. The Hall–Kier alpha value is -1.40. The van der Waals surface area contributed by atoms with Crippen molar-refractivity contribution in [2.24, 2.45) is 5.73 Å². The maximum atomic E-state index is 11.9. The molecule has 0 aromatic heterocycles. The van der Waals surface area contributed by atoms with Crippen LogP contribution in [0.15, 0.2) is 35.2 Å². The molecule has 0 aliphatic rings. The summed E-state index contributed by atoms with van der Waals surface area (Å²) in [7, 11) is -3.33. The van der Waals surface area contributed by atoms with Gasteiger partial charge in [0.15, 0.2) is 9.84 Å². The third-order valence-electron chi connectivity index (χ3n) is 2.30. The van der Waals surface area contributed by atoms with Gasteiger partial charge in [0.2, 0.25) is 5.91 Å². The summed E-state index contributed by atoms with van der Waals surface area (Å²) in [4.78, 5) is 11.6. The molecule has 1 atom stereocenters.